The Balaban J connectivity index is 2.21. The molecule has 20 heavy (non-hydrogen) atoms. The number of hydrogen-bond donors (Lipinski definition) is 0. The molecule has 0 aliphatic carbocycles. The molecular formula is C14H19BrClNO3. The molecule has 0 fully saturated rings. The molecule has 1 aromatic rings. The molecule has 0 radical (unpaired) electrons. The summed E-state index contributed by atoms with van der Waals surface area (Å²) in [4.78, 5) is 13.1. The van der Waals surface area contributed by atoms with Crippen LogP contribution in [-0.2, 0) is 9.53 Å². The van der Waals surface area contributed by atoms with Gasteiger partial charge in [-0.2, -0.15) is 0 Å². The maximum Gasteiger partial charge on any atom is 0.305 e. The van der Waals surface area contributed by atoms with Crippen molar-refractivity contribution in [1.29, 1.82) is 0 Å². The molecule has 0 heterocycles. The Hall–Kier alpha value is -0.780. The largest absolute Gasteiger partial charge is 0.491 e. The zero-order valence-corrected chi connectivity index (χ0v) is 14.0. The van der Waals surface area contributed by atoms with Crippen LogP contribution in [0.2, 0.25) is 5.02 Å². The Labute approximate surface area is 133 Å². The van der Waals surface area contributed by atoms with E-state index in [1.54, 1.807) is 12.1 Å². The van der Waals surface area contributed by atoms with Gasteiger partial charge in [-0.15, -0.1) is 0 Å². The first-order valence-corrected chi connectivity index (χ1v) is 7.53. The van der Waals surface area contributed by atoms with Crippen LogP contribution in [0.3, 0.4) is 0 Å². The molecule has 0 saturated carbocycles. The standard InChI is InChI=1S/C14H19BrClNO3/c1-17(7-3-4-14(18)19-2)8-9-20-13-6-5-11(16)10-12(13)15/h5-6,10H,3-4,7-9H2,1-2H3. The van der Waals surface area contributed by atoms with Crippen LogP contribution in [0.15, 0.2) is 22.7 Å². The first-order valence-electron chi connectivity index (χ1n) is 6.36. The van der Waals surface area contributed by atoms with Crippen molar-refractivity contribution in [3.8, 4) is 5.75 Å². The predicted octanol–water partition coefficient (Wildman–Crippen LogP) is 3.37. The summed E-state index contributed by atoms with van der Waals surface area (Å²) >= 11 is 9.27. The van der Waals surface area contributed by atoms with E-state index in [0.29, 0.717) is 18.1 Å². The summed E-state index contributed by atoms with van der Waals surface area (Å²) in [5.41, 5.74) is 0. The smallest absolute Gasteiger partial charge is 0.305 e. The highest BCUT2D eigenvalue weighted by Crippen LogP contribution is 2.27. The minimum Gasteiger partial charge on any atom is -0.491 e. The molecule has 112 valence electrons. The van der Waals surface area contributed by atoms with Crippen LogP contribution in [0.25, 0.3) is 0 Å². The third-order valence-corrected chi connectivity index (χ3v) is 3.63. The first kappa shape index (κ1) is 17.3. The fourth-order valence-corrected chi connectivity index (χ4v) is 2.41. The van der Waals surface area contributed by atoms with Crippen molar-refractivity contribution in [1.82, 2.24) is 4.90 Å². The van der Waals surface area contributed by atoms with Gasteiger partial charge in [-0.1, -0.05) is 11.6 Å². The van der Waals surface area contributed by atoms with E-state index >= 15 is 0 Å². The van der Waals surface area contributed by atoms with Gasteiger partial charge in [0.2, 0.25) is 0 Å². The molecule has 6 heteroatoms. The van der Waals surface area contributed by atoms with E-state index in [9.17, 15) is 4.79 Å². The molecule has 0 aliphatic heterocycles. The predicted molar refractivity (Wildman–Crippen MR) is 83.4 cm³/mol. The topological polar surface area (TPSA) is 38.8 Å². The zero-order chi connectivity index (χ0) is 15.0. The monoisotopic (exact) mass is 363 g/mol. The van der Waals surface area contributed by atoms with E-state index in [1.807, 2.05) is 13.1 Å². The average Bonchev–Trinajstić information content (AvgIpc) is 2.41. The van der Waals surface area contributed by atoms with Crippen LogP contribution >= 0.6 is 27.5 Å². The molecule has 0 N–H and O–H groups in total. The molecule has 0 bridgehead atoms. The second-order valence-electron chi connectivity index (χ2n) is 4.41. The van der Waals surface area contributed by atoms with Gasteiger partial charge in [-0.05, 0) is 54.1 Å². The number of hydrogen-bond acceptors (Lipinski definition) is 4. The summed E-state index contributed by atoms with van der Waals surface area (Å²) in [6.07, 6.45) is 1.23. The van der Waals surface area contributed by atoms with Crippen LogP contribution in [0.1, 0.15) is 12.8 Å². The second kappa shape index (κ2) is 9.21. The minimum atomic E-state index is -0.167. The number of methoxy groups -OCH3 is 1. The summed E-state index contributed by atoms with van der Waals surface area (Å²) in [7, 11) is 3.40. The van der Waals surface area contributed by atoms with Crippen molar-refractivity contribution in [2.45, 2.75) is 12.8 Å². The number of carbonyl (C=O) groups is 1. The number of ether oxygens (including phenoxy) is 2. The molecule has 1 aromatic carbocycles. The zero-order valence-electron chi connectivity index (χ0n) is 11.7. The van der Waals surface area contributed by atoms with Crippen molar-refractivity contribution < 1.29 is 14.3 Å². The summed E-state index contributed by atoms with van der Waals surface area (Å²) in [5, 5.41) is 0.671. The summed E-state index contributed by atoms with van der Waals surface area (Å²) in [6.45, 7) is 2.20. The first-order chi connectivity index (χ1) is 9.52. The molecular weight excluding hydrogens is 346 g/mol. The maximum atomic E-state index is 11.0. The molecule has 0 atom stereocenters. The third-order valence-electron chi connectivity index (χ3n) is 2.77. The molecule has 0 unspecified atom stereocenters. The van der Waals surface area contributed by atoms with E-state index < -0.39 is 0 Å². The van der Waals surface area contributed by atoms with E-state index in [1.165, 1.54) is 7.11 Å². The number of rotatable bonds is 8. The Morgan fingerprint density at radius 2 is 2.15 bits per heavy atom. The lowest BCUT2D eigenvalue weighted by Gasteiger charge is -2.17. The van der Waals surface area contributed by atoms with Gasteiger partial charge in [0.05, 0.1) is 11.6 Å². The van der Waals surface area contributed by atoms with Crippen LogP contribution in [-0.4, -0.2) is 44.7 Å². The third kappa shape index (κ3) is 6.59. The lowest BCUT2D eigenvalue weighted by atomic mass is 10.3. The molecule has 0 saturated heterocycles. The van der Waals surface area contributed by atoms with Gasteiger partial charge in [0.25, 0.3) is 0 Å². The van der Waals surface area contributed by atoms with Crippen LogP contribution < -0.4 is 4.74 Å². The summed E-state index contributed by atoms with van der Waals surface area (Å²) < 4.78 is 11.1. The van der Waals surface area contributed by atoms with E-state index in [4.69, 9.17) is 16.3 Å². The normalized spacial score (nSPS) is 10.7. The number of halogens is 2. The highest BCUT2D eigenvalue weighted by molar-refractivity contribution is 9.10. The van der Waals surface area contributed by atoms with Crippen LogP contribution in [0.5, 0.6) is 5.75 Å². The lowest BCUT2D eigenvalue weighted by molar-refractivity contribution is -0.140. The van der Waals surface area contributed by atoms with Crippen LogP contribution in [0.4, 0.5) is 0 Å². The molecule has 1 rings (SSSR count). The van der Waals surface area contributed by atoms with Crippen molar-refractivity contribution in [2.75, 3.05) is 33.9 Å². The van der Waals surface area contributed by atoms with Gasteiger partial charge in [-0.25, -0.2) is 0 Å². The minimum absolute atomic E-state index is 0.167. The quantitative estimate of drug-likeness (QED) is 0.663. The maximum absolute atomic E-state index is 11.0. The van der Waals surface area contributed by atoms with Gasteiger partial charge < -0.3 is 14.4 Å². The Kier molecular flexibility index (Phi) is 7.95. The number of esters is 1. The number of benzene rings is 1. The summed E-state index contributed by atoms with van der Waals surface area (Å²) in [6, 6.07) is 5.43. The van der Waals surface area contributed by atoms with Gasteiger partial charge in [0.15, 0.2) is 0 Å². The van der Waals surface area contributed by atoms with Gasteiger partial charge in [0, 0.05) is 18.0 Å². The summed E-state index contributed by atoms with van der Waals surface area (Å²) in [5.74, 6) is 0.608. The number of carbonyl (C=O) groups excluding carboxylic acids is 1. The van der Waals surface area contributed by atoms with E-state index in [0.717, 1.165) is 29.7 Å². The fourth-order valence-electron chi connectivity index (χ4n) is 1.61. The Morgan fingerprint density at radius 1 is 1.40 bits per heavy atom. The number of likely N-dealkylation sites (N-methyl/N-ethyl adjacent to an activating group) is 1. The van der Waals surface area contributed by atoms with E-state index in [2.05, 4.69) is 25.6 Å². The molecule has 0 spiro atoms. The second-order valence-corrected chi connectivity index (χ2v) is 5.70. The van der Waals surface area contributed by atoms with Gasteiger partial charge in [0.1, 0.15) is 12.4 Å². The average molecular weight is 365 g/mol. The fraction of sp³-hybridized carbons (Fsp3) is 0.500. The van der Waals surface area contributed by atoms with Gasteiger partial charge >= 0.3 is 5.97 Å². The Morgan fingerprint density at radius 3 is 2.80 bits per heavy atom. The van der Waals surface area contributed by atoms with Gasteiger partial charge in [-0.3, -0.25) is 4.79 Å². The lowest BCUT2D eigenvalue weighted by Crippen LogP contribution is -2.25. The SMILES string of the molecule is COC(=O)CCCN(C)CCOc1ccc(Cl)cc1Br. The van der Waals surface area contributed by atoms with Crippen molar-refractivity contribution in [2.24, 2.45) is 0 Å². The molecule has 0 aliphatic rings. The highest BCUT2D eigenvalue weighted by Gasteiger charge is 2.05. The number of nitrogens with zero attached hydrogens (tertiary/aromatic N) is 1. The van der Waals surface area contributed by atoms with Crippen molar-refractivity contribution >= 4 is 33.5 Å². The van der Waals surface area contributed by atoms with Crippen LogP contribution in [0, 0.1) is 0 Å². The van der Waals surface area contributed by atoms with Crippen molar-refractivity contribution in [3.05, 3.63) is 27.7 Å². The molecule has 4 nitrogen and oxygen atoms in total. The highest BCUT2D eigenvalue weighted by atomic mass is 79.9. The van der Waals surface area contributed by atoms with E-state index in [-0.39, 0.29) is 5.97 Å². The van der Waals surface area contributed by atoms with Crippen molar-refractivity contribution in [3.63, 3.8) is 0 Å². The Bertz CT molecular complexity index is 442. The molecule has 0 aromatic heterocycles. The molecule has 0 amide bonds.